The second-order valence-electron chi connectivity index (χ2n) is 50.1. The van der Waals surface area contributed by atoms with Gasteiger partial charge in [-0.15, -0.1) is 0 Å². The molecule has 0 amide bonds. The van der Waals surface area contributed by atoms with Crippen LogP contribution in [0, 0.1) is 0 Å². The van der Waals surface area contributed by atoms with Crippen molar-refractivity contribution in [3.63, 3.8) is 0 Å². The van der Waals surface area contributed by atoms with E-state index in [0.29, 0.717) is 123 Å². The fourth-order valence-corrected chi connectivity index (χ4v) is 19.3. The number of nitrogens with zero attached hydrogens (tertiary/aromatic N) is 2. The van der Waals surface area contributed by atoms with E-state index in [1.54, 1.807) is 0 Å². The number of ether oxygens (including phenoxy) is 2. The van der Waals surface area contributed by atoms with E-state index in [4.69, 9.17) is 19.4 Å². The molecule has 714 valence electrons. The number of rotatable bonds is 6. The Morgan fingerprint density at radius 2 is 0.301 bits per heavy atom. The quantitative estimate of drug-likeness (QED) is 0.0732. The molecule has 2 aliphatic carbocycles. The first-order valence-corrected chi connectivity index (χ1v) is 49.0. The van der Waals surface area contributed by atoms with Crippen molar-refractivity contribution in [3.05, 3.63) is 336 Å². The molecule has 0 radical (unpaired) electrons. The summed E-state index contributed by atoms with van der Waals surface area (Å²) < 4.78 is 15.1. The van der Waals surface area contributed by atoms with Crippen LogP contribution in [0.5, 0.6) is 57.5 Å². The fourth-order valence-electron chi connectivity index (χ4n) is 19.3. The molecule has 2 aromatic heterocycles. The van der Waals surface area contributed by atoms with E-state index in [9.17, 15) is 40.9 Å². The smallest absolute Gasteiger partial charge is 0.130 e. The van der Waals surface area contributed by atoms with Crippen LogP contribution in [0.1, 0.15) is 386 Å². The van der Waals surface area contributed by atoms with Crippen LogP contribution >= 0.6 is 0 Å². The van der Waals surface area contributed by atoms with Crippen molar-refractivity contribution in [2.75, 3.05) is 0 Å². The Bertz CT molecular complexity index is 6160. The first-order chi connectivity index (χ1) is 62.9. The molecule has 136 heavy (non-hydrogen) atoms. The molecule has 12 nitrogen and oxygen atoms in total. The summed E-state index contributed by atoms with van der Waals surface area (Å²) in [6.07, 6.45) is 2.38. The SMILES string of the molecule is CC(C)(C)c1cc2c(O)c(c1)Cc1cc(C(C)(C)C)cc(c1O)Cc1cc(C(C)(C)C)cc(c1OCc1ccc3ccc4ccc(COc5c6cc(C(C)(C)C)cc5Cc5cc(C(C)(C)C)cc(c5O)Cc5cc(C(C)(C)C)cc(c5O)Cc5cc(C(C)(C)C)cc(c5O)Cc5cc(C(C)(C)C)cc(c5O)C6)nc4c3n1)Cc1cc(C(C)(C)C)cc(c1O)Cc1cc(C(C)(C)C)cc(c1O)C2. The van der Waals surface area contributed by atoms with E-state index in [1.807, 2.05) is 12.1 Å². The van der Waals surface area contributed by atoms with Crippen molar-refractivity contribution < 1.29 is 50.3 Å². The number of hydrogen-bond acceptors (Lipinski definition) is 12. The molecule has 0 saturated carbocycles. The summed E-state index contributed by atoms with van der Waals surface area (Å²) in [5.74, 6) is 2.11. The normalized spacial score (nSPS) is 14.1. The van der Waals surface area contributed by atoms with Gasteiger partial charge in [0.05, 0.1) is 22.4 Å². The number of pyridine rings is 2. The van der Waals surface area contributed by atoms with Crippen LogP contribution in [0.15, 0.2) is 158 Å². The third-order valence-electron chi connectivity index (χ3n) is 28.5. The summed E-state index contributed by atoms with van der Waals surface area (Å²) in [7, 11) is 0. The maximum Gasteiger partial charge on any atom is 0.130 e. The van der Waals surface area contributed by atoms with Crippen LogP contribution in [-0.4, -0.2) is 50.8 Å². The Balaban J connectivity index is 0.885. The lowest BCUT2D eigenvalue weighted by Crippen LogP contribution is -2.16. The number of benzene rings is 11. The van der Waals surface area contributed by atoms with Gasteiger partial charge in [-0.25, -0.2) is 9.97 Å². The Kier molecular flexibility index (Phi) is 25.7. The van der Waals surface area contributed by atoms with Gasteiger partial charge in [0, 0.05) is 75.0 Å². The average Bonchev–Trinajstić information content (AvgIpc) is 0.760. The largest absolute Gasteiger partial charge is 0.507 e. The van der Waals surface area contributed by atoms with Crippen molar-refractivity contribution in [2.45, 2.75) is 339 Å². The molecule has 0 unspecified atom stereocenters. The Morgan fingerprint density at radius 3 is 0.434 bits per heavy atom. The minimum Gasteiger partial charge on any atom is -0.507 e. The van der Waals surface area contributed by atoms with Crippen LogP contribution < -0.4 is 9.47 Å². The lowest BCUT2D eigenvalue weighted by atomic mass is 9.79. The van der Waals surface area contributed by atoms with Gasteiger partial charge in [-0.1, -0.05) is 353 Å². The highest BCUT2D eigenvalue weighted by molar-refractivity contribution is 6.02. The summed E-state index contributed by atoms with van der Waals surface area (Å²) in [5.41, 5.74) is 23.2. The highest BCUT2D eigenvalue weighted by Crippen LogP contribution is 2.50. The summed E-state index contributed by atoms with van der Waals surface area (Å²) in [4.78, 5) is 11.1. The molecule has 8 N–H and O–H groups in total. The van der Waals surface area contributed by atoms with Crippen molar-refractivity contribution in [3.8, 4) is 57.5 Å². The zero-order valence-electron chi connectivity index (χ0n) is 86.8. The lowest BCUT2D eigenvalue weighted by Gasteiger charge is -2.27. The third-order valence-corrected chi connectivity index (χ3v) is 28.5. The first-order valence-electron chi connectivity index (χ1n) is 49.0. The number of aromatic hydroxyl groups is 8. The zero-order chi connectivity index (χ0) is 99.3. The van der Waals surface area contributed by atoms with E-state index in [2.05, 4.69) is 353 Å². The molecule has 2 heterocycles. The summed E-state index contributed by atoms with van der Waals surface area (Å²) in [6, 6.07) is 54.6. The summed E-state index contributed by atoms with van der Waals surface area (Å²) in [6.45, 7) is 65.5. The number of phenolic OH excluding ortho intramolecular Hbond substituents is 8. The summed E-state index contributed by atoms with van der Waals surface area (Å²) in [5, 5.41) is 106. The maximum atomic E-state index is 13.2. The first kappa shape index (κ1) is 98.7. The zero-order valence-corrected chi connectivity index (χ0v) is 86.8. The second-order valence-corrected chi connectivity index (χ2v) is 50.1. The molecule has 2 aliphatic rings. The second kappa shape index (κ2) is 35.4. The molecule has 11 aromatic carbocycles. The predicted molar refractivity (Wildman–Crippen MR) is 559 cm³/mol. The molecular formula is C124H148N2O10. The van der Waals surface area contributed by atoms with Crippen molar-refractivity contribution in [1.82, 2.24) is 9.97 Å². The maximum absolute atomic E-state index is 13.2. The van der Waals surface area contributed by atoms with Gasteiger partial charge in [-0.2, -0.15) is 0 Å². The van der Waals surface area contributed by atoms with Crippen LogP contribution in [0.2, 0.25) is 0 Å². The van der Waals surface area contributed by atoms with Gasteiger partial charge in [0.2, 0.25) is 0 Å². The average molecular weight is 1830 g/mol. The van der Waals surface area contributed by atoms with Crippen LogP contribution in [0.25, 0.3) is 21.8 Å². The molecule has 20 bridgehead atoms. The molecule has 15 rings (SSSR count). The van der Waals surface area contributed by atoms with Gasteiger partial charge >= 0.3 is 0 Å². The van der Waals surface area contributed by atoms with E-state index in [0.717, 1.165) is 88.7 Å². The monoisotopic (exact) mass is 1830 g/mol. The van der Waals surface area contributed by atoms with Crippen LogP contribution in [0.3, 0.4) is 0 Å². The standard InChI is InChI=1S/C124H148N2O10/c1-115(2,3)91-47-71-37-72-48-92(116(4,5)6)52-76(106(72)128)40-80-56-96(120(16,17)18)60-84(110(80)132)44-88-64-99(123(25,26)27)63-87(43-83-59-95(119(13,14)15)55-79(109(83)131)39-75(51-91)105(71)127)113(88)135-67-101-35-33-69-31-32-70-34-36-102(126-104(70)103(69)125-101)68-136-114-89-45-85-61-97(121(19,20)21)57-81(111(85)133)41-77-53-93(117(7,8)9)49-73(107(77)129)38-74-50-94(118(10,11)12)54-78(108(74)130)42-82-58-98(122(22,23)24)62-86(112(82)134)46-90(114)66-100(65-89)124(28,29)30/h31-36,47-66,127-134H,37-46,67-68H2,1-30H3. The van der Waals surface area contributed by atoms with Crippen LogP contribution in [0.4, 0.5) is 0 Å². The van der Waals surface area contributed by atoms with Gasteiger partial charge in [-0.3, -0.25) is 0 Å². The Hall–Kier alpha value is -11.8. The lowest BCUT2D eigenvalue weighted by molar-refractivity contribution is 0.295. The van der Waals surface area contributed by atoms with E-state index >= 15 is 0 Å². The Morgan fingerprint density at radius 1 is 0.184 bits per heavy atom. The molecule has 0 aliphatic heterocycles. The third kappa shape index (κ3) is 20.9. The van der Waals surface area contributed by atoms with Gasteiger partial charge in [0.25, 0.3) is 0 Å². The fraction of sp³-hybridized carbons (Fsp3) is 0.419. The number of phenols is 8. The van der Waals surface area contributed by atoms with E-state index < -0.39 is 10.8 Å². The number of hydrogen-bond donors (Lipinski definition) is 8. The number of aromatic nitrogens is 2. The van der Waals surface area contributed by atoms with E-state index in [-0.39, 0.29) is 167 Å². The minimum absolute atomic E-state index is 0.0170. The molecule has 0 saturated heterocycles. The summed E-state index contributed by atoms with van der Waals surface area (Å²) >= 11 is 0. The van der Waals surface area contributed by atoms with Crippen molar-refractivity contribution in [1.29, 1.82) is 0 Å². The topological polar surface area (TPSA) is 206 Å². The van der Waals surface area contributed by atoms with Gasteiger partial charge < -0.3 is 50.3 Å². The minimum atomic E-state index is -0.391. The predicted octanol–water partition coefficient (Wildman–Crippen LogP) is 29.1. The van der Waals surface area contributed by atoms with Gasteiger partial charge in [-0.05, 0) is 233 Å². The molecule has 0 spiro atoms. The van der Waals surface area contributed by atoms with Crippen LogP contribution in [-0.2, 0) is 132 Å². The van der Waals surface area contributed by atoms with Crippen molar-refractivity contribution in [2.24, 2.45) is 0 Å². The van der Waals surface area contributed by atoms with E-state index in [1.165, 1.54) is 0 Å². The molecular weight excluding hydrogens is 1680 g/mol. The molecule has 12 heteroatoms. The molecule has 0 fully saturated rings. The van der Waals surface area contributed by atoms with Crippen molar-refractivity contribution >= 4 is 21.8 Å². The van der Waals surface area contributed by atoms with Gasteiger partial charge in [0.15, 0.2) is 0 Å². The highest BCUT2D eigenvalue weighted by atomic mass is 16.5. The number of fused-ring (bicyclic) bond motifs is 23. The highest BCUT2D eigenvalue weighted by Gasteiger charge is 2.35. The molecule has 0 atom stereocenters. The Labute approximate surface area is 809 Å². The molecule has 13 aromatic rings. The van der Waals surface area contributed by atoms with Gasteiger partial charge in [0.1, 0.15) is 70.7 Å².